The lowest BCUT2D eigenvalue weighted by atomic mass is 10.1. The second kappa shape index (κ2) is 7.73. The van der Waals surface area contributed by atoms with Gasteiger partial charge >= 0.3 is 0 Å². The molecule has 0 aliphatic carbocycles. The lowest BCUT2D eigenvalue weighted by Crippen LogP contribution is -2.17. The van der Waals surface area contributed by atoms with Crippen molar-refractivity contribution in [1.29, 1.82) is 0 Å². The van der Waals surface area contributed by atoms with Gasteiger partial charge in [-0.05, 0) is 60.0 Å². The summed E-state index contributed by atoms with van der Waals surface area (Å²) in [6.45, 7) is 5.38. The molecule has 1 atom stereocenters. The van der Waals surface area contributed by atoms with Gasteiger partial charge in [0, 0.05) is 16.7 Å². The summed E-state index contributed by atoms with van der Waals surface area (Å²) >= 11 is 3.73. The third kappa shape index (κ3) is 4.68. The number of nitrogens with one attached hydrogen (secondary N) is 1. The van der Waals surface area contributed by atoms with Crippen molar-refractivity contribution in [3.63, 3.8) is 0 Å². The van der Waals surface area contributed by atoms with Gasteiger partial charge in [0.25, 0.3) is 0 Å². The van der Waals surface area contributed by atoms with E-state index in [0.717, 1.165) is 18.7 Å². The first kappa shape index (κ1) is 14.6. The highest BCUT2D eigenvalue weighted by Gasteiger charge is 2.04. The molecule has 0 fully saturated rings. The summed E-state index contributed by atoms with van der Waals surface area (Å²) in [6, 6.07) is 11.5. The quantitative estimate of drug-likeness (QED) is 0.739. The maximum absolute atomic E-state index is 3.46. The fraction of sp³-hybridized carbons (Fsp3) is 0.375. The average Bonchev–Trinajstić information content (AvgIpc) is 2.93. The summed E-state index contributed by atoms with van der Waals surface area (Å²) < 4.78 is 0. The van der Waals surface area contributed by atoms with Crippen LogP contribution in [0.1, 0.15) is 31.0 Å². The molecule has 0 saturated carbocycles. The summed E-state index contributed by atoms with van der Waals surface area (Å²) in [7, 11) is 0. The molecule has 0 spiro atoms. The Kier molecular flexibility index (Phi) is 5.95. The Morgan fingerprint density at radius 2 is 2.21 bits per heavy atom. The Morgan fingerprint density at radius 1 is 1.32 bits per heavy atom. The molecule has 3 heteroatoms. The largest absolute Gasteiger partial charge is 0.310 e. The first-order valence-electron chi connectivity index (χ1n) is 6.77. The fourth-order valence-corrected chi connectivity index (χ4v) is 3.69. The van der Waals surface area contributed by atoms with E-state index < -0.39 is 0 Å². The van der Waals surface area contributed by atoms with Crippen molar-refractivity contribution in [2.45, 2.75) is 31.2 Å². The van der Waals surface area contributed by atoms with Crippen molar-refractivity contribution in [2.75, 3.05) is 12.3 Å². The van der Waals surface area contributed by atoms with Gasteiger partial charge in [-0.25, -0.2) is 0 Å². The molecule has 1 unspecified atom stereocenters. The molecule has 0 saturated heterocycles. The monoisotopic (exact) mass is 291 g/mol. The van der Waals surface area contributed by atoms with Crippen LogP contribution in [0.4, 0.5) is 0 Å². The third-order valence-corrected chi connectivity index (χ3v) is 4.84. The SMILES string of the molecule is CCNC(C)c1cccc(SCCc2ccsc2)c1. The van der Waals surface area contributed by atoms with Crippen LogP contribution in [0, 0.1) is 0 Å². The molecule has 1 aromatic heterocycles. The summed E-state index contributed by atoms with van der Waals surface area (Å²) in [5.74, 6) is 1.15. The van der Waals surface area contributed by atoms with Crippen molar-refractivity contribution in [3.05, 3.63) is 52.2 Å². The maximum atomic E-state index is 3.46. The van der Waals surface area contributed by atoms with Crippen molar-refractivity contribution < 1.29 is 0 Å². The second-order valence-electron chi connectivity index (χ2n) is 4.58. The van der Waals surface area contributed by atoms with E-state index in [9.17, 15) is 0 Å². The Morgan fingerprint density at radius 3 is 2.95 bits per heavy atom. The topological polar surface area (TPSA) is 12.0 Å². The molecule has 2 rings (SSSR count). The van der Waals surface area contributed by atoms with Crippen LogP contribution < -0.4 is 5.32 Å². The molecule has 1 nitrogen and oxygen atoms in total. The van der Waals surface area contributed by atoms with Crippen LogP contribution in [0.5, 0.6) is 0 Å². The molecule has 0 bridgehead atoms. The van der Waals surface area contributed by atoms with Crippen LogP contribution in [0.25, 0.3) is 0 Å². The normalized spacial score (nSPS) is 12.5. The van der Waals surface area contributed by atoms with Crippen LogP contribution >= 0.6 is 23.1 Å². The molecular weight excluding hydrogens is 270 g/mol. The van der Waals surface area contributed by atoms with Gasteiger partial charge in [-0.2, -0.15) is 11.3 Å². The zero-order valence-electron chi connectivity index (χ0n) is 11.6. The molecule has 0 radical (unpaired) electrons. The average molecular weight is 291 g/mol. The lowest BCUT2D eigenvalue weighted by Gasteiger charge is -2.13. The van der Waals surface area contributed by atoms with Gasteiger partial charge in [0.15, 0.2) is 0 Å². The van der Waals surface area contributed by atoms with Gasteiger partial charge in [0.1, 0.15) is 0 Å². The van der Waals surface area contributed by atoms with Gasteiger partial charge in [-0.3, -0.25) is 0 Å². The van der Waals surface area contributed by atoms with E-state index in [1.54, 1.807) is 11.3 Å². The summed E-state index contributed by atoms with van der Waals surface area (Å²) in [6.07, 6.45) is 1.15. The predicted molar refractivity (Wildman–Crippen MR) is 87.3 cm³/mol. The van der Waals surface area contributed by atoms with Gasteiger partial charge in [0.2, 0.25) is 0 Å². The van der Waals surface area contributed by atoms with E-state index >= 15 is 0 Å². The minimum absolute atomic E-state index is 0.433. The molecule has 19 heavy (non-hydrogen) atoms. The first-order valence-corrected chi connectivity index (χ1v) is 8.69. The molecule has 0 aliphatic heterocycles. The zero-order valence-corrected chi connectivity index (χ0v) is 13.2. The lowest BCUT2D eigenvalue weighted by molar-refractivity contribution is 0.597. The number of thioether (sulfide) groups is 1. The van der Waals surface area contributed by atoms with Gasteiger partial charge in [0.05, 0.1) is 0 Å². The molecule has 1 N–H and O–H groups in total. The van der Waals surface area contributed by atoms with E-state index in [1.807, 2.05) is 11.8 Å². The summed E-state index contributed by atoms with van der Waals surface area (Å²) in [4.78, 5) is 1.37. The smallest absolute Gasteiger partial charge is 0.0292 e. The van der Waals surface area contributed by atoms with Crippen LogP contribution in [-0.2, 0) is 6.42 Å². The van der Waals surface area contributed by atoms with Crippen LogP contribution in [-0.4, -0.2) is 12.3 Å². The van der Waals surface area contributed by atoms with Gasteiger partial charge in [-0.15, -0.1) is 11.8 Å². The van der Waals surface area contributed by atoms with Crippen molar-refractivity contribution in [2.24, 2.45) is 0 Å². The first-order chi connectivity index (χ1) is 9.29. The highest BCUT2D eigenvalue weighted by Crippen LogP contribution is 2.23. The third-order valence-electron chi connectivity index (χ3n) is 3.11. The van der Waals surface area contributed by atoms with Gasteiger partial charge in [-0.1, -0.05) is 19.1 Å². The van der Waals surface area contributed by atoms with E-state index in [-0.39, 0.29) is 0 Å². The number of hydrogen-bond acceptors (Lipinski definition) is 3. The Labute approximate surface area is 124 Å². The van der Waals surface area contributed by atoms with E-state index in [4.69, 9.17) is 0 Å². The van der Waals surface area contributed by atoms with E-state index in [2.05, 4.69) is 60.3 Å². The standard InChI is InChI=1S/C16H21NS2/c1-3-17-13(2)15-5-4-6-16(11-15)19-10-8-14-7-9-18-12-14/h4-7,9,11-13,17H,3,8,10H2,1-2H3. The molecule has 102 valence electrons. The molecule has 1 heterocycles. The highest BCUT2D eigenvalue weighted by molar-refractivity contribution is 7.99. The maximum Gasteiger partial charge on any atom is 0.0292 e. The van der Waals surface area contributed by atoms with Crippen LogP contribution in [0.15, 0.2) is 46.0 Å². The molecule has 1 aromatic carbocycles. The highest BCUT2D eigenvalue weighted by atomic mass is 32.2. The van der Waals surface area contributed by atoms with Crippen molar-refractivity contribution in [3.8, 4) is 0 Å². The number of hydrogen-bond donors (Lipinski definition) is 1. The fourth-order valence-electron chi connectivity index (χ4n) is 2.02. The Balaban J connectivity index is 1.88. The zero-order chi connectivity index (χ0) is 13.5. The number of benzene rings is 1. The molecular formula is C16H21NS2. The predicted octanol–water partition coefficient (Wildman–Crippen LogP) is 4.75. The van der Waals surface area contributed by atoms with Gasteiger partial charge < -0.3 is 5.32 Å². The van der Waals surface area contributed by atoms with E-state index in [1.165, 1.54) is 16.0 Å². The number of thiophene rings is 1. The second-order valence-corrected chi connectivity index (χ2v) is 6.53. The molecule has 0 aliphatic rings. The number of aryl methyl sites for hydroxylation is 1. The number of rotatable bonds is 7. The molecule has 0 amide bonds. The minimum atomic E-state index is 0.433. The minimum Gasteiger partial charge on any atom is -0.310 e. The molecule has 2 aromatic rings. The van der Waals surface area contributed by atoms with Crippen LogP contribution in [0.3, 0.4) is 0 Å². The summed E-state index contributed by atoms with van der Waals surface area (Å²) in [5, 5.41) is 7.85. The Hall–Kier alpha value is -0.770. The van der Waals surface area contributed by atoms with Crippen molar-refractivity contribution in [1.82, 2.24) is 5.32 Å². The van der Waals surface area contributed by atoms with E-state index in [0.29, 0.717) is 6.04 Å². The van der Waals surface area contributed by atoms with Crippen LogP contribution in [0.2, 0.25) is 0 Å². The summed E-state index contributed by atoms with van der Waals surface area (Å²) in [5.41, 5.74) is 2.83. The van der Waals surface area contributed by atoms with Crippen molar-refractivity contribution >= 4 is 23.1 Å². The Bertz CT molecular complexity index is 479.